The first kappa shape index (κ1) is 24.9. The van der Waals surface area contributed by atoms with E-state index in [9.17, 15) is 9.59 Å². The van der Waals surface area contributed by atoms with E-state index in [1.165, 1.54) is 17.3 Å². The van der Waals surface area contributed by atoms with E-state index in [0.29, 0.717) is 23.4 Å². The molecule has 0 aliphatic rings. The van der Waals surface area contributed by atoms with E-state index in [1.54, 1.807) is 0 Å². The number of benzene rings is 1. The van der Waals surface area contributed by atoms with Gasteiger partial charge in [0.25, 0.3) is 0 Å². The van der Waals surface area contributed by atoms with E-state index < -0.39 is 0 Å². The monoisotopic (exact) mass is 445 g/mol. The number of rotatable bonds is 12. The van der Waals surface area contributed by atoms with Crippen LogP contribution in [0.5, 0.6) is 0 Å². The number of thioether (sulfide) groups is 1. The molecule has 0 fully saturated rings. The lowest BCUT2D eigenvalue weighted by Crippen LogP contribution is -2.28. The molecule has 2 amide bonds. The van der Waals surface area contributed by atoms with Gasteiger partial charge in [-0.25, -0.2) is 0 Å². The molecular weight excluding hydrogens is 410 g/mol. The van der Waals surface area contributed by atoms with Crippen molar-refractivity contribution in [2.24, 2.45) is 17.6 Å². The Morgan fingerprint density at radius 1 is 1.06 bits per heavy atom. The molecule has 1 aromatic carbocycles. The van der Waals surface area contributed by atoms with Crippen LogP contribution in [-0.4, -0.2) is 32.3 Å². The maximum atomic E-state index is 12.5. The zero-order valence-corrected chi connectivity index (χ0v) is 20.0. The molecule has 0 radical (unpaired) electrons. The van der Waals surface area contributed by atoms with Gasteiger partial charge in [-0.2, -0.15) is 0 Å². The van der Waals surface area contributed by atoms with Crippen molar-refractivity contribution in [3.05, 3.63) is 41.2 Å². The summed E-state index contributed by atoms with van der Waals surface area (Å²) in [6.45, 7) is 11.3. The fraction of sp³-hybridized carbons (Fsp3) is 0.565. The van der Waals surface area contributed by atoms with Crippen LogP contribution in [0.4, 0.5) is 0 Å². The van der Waals surface area contributed by atoms with Gasteiger partial charge in [-0.15, -0.1) is 10.2 Å². The van der Waals surface area contributed by atoms with Crippen LogP contribution in [0.1, 0.15) is 64.0 Å². The van der Waals surface area contributed by atoms with Crippen LogP contribution in [0.2, 0.25) is 0 Å². The summed E-state index contributed by atoms with van der Waals surface area (Å²) >= 11 is 1.36. The number of nitrogens with zero attached hydrogens (tertiary/aromatic N) is 3. The number of aryl methyl sites for hydroxylation is 1. The number of hydrogen-bond donors (Lipinski definition) is 2. The molecule has 1 unspecified atom stereocenters. The highest BCUT2D eigenvalue weighted by Crippen LogP contribution is 2.20. The second-order valence-corrected chi connectivity index (χ2v) is 9.73. The van der Waals surface area contributed by atoms with Crippen LogP contribution < -0.4 is 11.1 Å². The van der Waals surface area contributed by atoms with Gasteiger partial charge in [0.15, 0.2) is 5.16 Å². The van der Waals surface area contributed by atoms with Gasteiger partial charge in [0.1, 0.15) is 5.82 Å². The van der Waals surface area contributed by atoms with Gasteiger partial charge in [-0.05, 0) is 36.3 Å². The lowest BCUT2D eigenvalue weighted by atomic mass is 10.00. The average molecular weight is 446 g/mol. The number of carbonyl (C=O) groups is 2. The molecule has 1 aromatic heterocycles. The number of primary amides is 1. The standard InChI is InChI=1S/C23H35N5O2S/c1-15(2)12-18-6-8-19(9-7-18)17(5)25-22(30)14-31-23-27-26-21(11-10-20(24)29)28(23)13-16(3)4/h6-9,15-17H,10-14H2,1-5H3,(H2,24,29)(H,25,30). The van der Waals surface area contributed by atoms with Crippen molar-refractivity contribution < 1.29 is 9.59 Å². The first-order valence-corrected chi connectivity index (χ1v) is 11.9. The summed E-state index contributed by atoms with van der Waals surface area (Å²) in [6.07, 6.45) is 1.73. The highest BCUT2D eigenvalue weighted by molar-refractivity contribution is 7.99. The van der Waals surface area contributed by atoms with Crippen molar-refractivity contribution in [1.29, 1.82) is 0 Å². The highest BCUT2D eigenvalue weighted by Gasteiger charge is 2.17. The molecule has 1 heterocycles. The third-order valence-corrected chi connectivity index (χ3v) is 5.74. The Hall–Kier alpha value is -2.35. The Morgan fingerprint density at radius 2 is 1.74 bits per heavy atom. The molecule has 0 saturated heterocycles. The maximum absolute atomic E-state index is 12.5. The minimum atomic E-state index is -0.362. The van der Waals surface area contributed by atoms with Gasteiger partial charge >= 0.3 is 0 Å². The van der Waals surface area contributed by atoms with Crippen LogP contribution in [0, 0.1) is 11.8 Å². The molecule has 31 heavy (non-hydrogen) atoms. The van der Waals surface area contributed by atoms with Gasteiger partial charge in [-0.1, -0.05) is 63.7 Å². The number of hydrogen-bond acceptors (Lipinski definition) is 5. The van der Waals surface area contributed by atoms with E-state index in [2.05, 4.69) is 67.5 Å². The van der Waals surface area contributed by atoms with Crippen molar-refractivity contribution in [3.63, 3.8) is 0 Å². The Bertz CT molecular complexity index is 861. The van der Waals surface area contributed by atoms with E-state index >= 15 is 0 Å². The lowest BCUT2D eigenvalue weighted by molar-refractivity contribution is -0.119. The average Bonchev–Trinajstić information content (AvgIpc) is 3.05. The molecule has 3 N–H and O–H groups in total. The summed E-state index contributed by atoms with van der Waals surface area (Å²) in [5, 5.41) is 12.2. The summed E-state index contributed by atoms with van der Waals surface area (Å²) < 4.78 is 1.99. The molecular formula is C23H35N5O2S. The maximum Gasteiger partial charge on any atom is 0.230 e. The lowest BCUT2D eigenvalue weighted by Gasteiger charge is -2.16. The quantitative estimate of drug-likeness (QED) is 0.487. The molecule has 1 atom stereocenters. The van der Waals surface area contributed by atoms with Crippen LogP contribution in [0.3, 0.4) is 0 Å². The van der Waals surface area contributed by atoms with Crippen LogP contribution in [0.25, 0.3) is 0 Å². The van der Waals surface area contributed by atoms with Crippen molar-refractivity contribution >= 4 is 23.6 Å². The molecule has 7 nitrogen and oxygen atoms in total. The second-order valence-electron chi connectivity index (χ2n) is 8.79. The van der Waals surface area contributed by atoms with Gasteiger partial charge < -0.3 is 15.6 Å². The van der Waals surface area contributed by atoms with Crippen molar-refractivity contribution in [1.82, 2.24) is 20.1 Å². The van der Waals surface area contributed by atoms with E-state index in [1.807, 2.05) is 11.5 Å². The molecule has 0 bridgehead atoms. The Labute approximate surface area is 189 Å². The smallest absolute Gasteiger partial charge is 0.230 e. The summed E-state index contributed by atoms with van der Waals surface area (Å²) in [4.78, 5) is 23.6. The fourth-order valence-electron chi connectivity index (χ4n) is 3.30. The zero-order valence-electron chi connectivity index (χ0n) is 19.2. The third-order valence-electron chi connectivity index (χ3n) is 4.77. The molecule has 0 aliphatic heterocycles. The van der Waals surface area contributed by atoms with Crippen molar-refractivity contribution in [2.75, 3.05) is 5.75 Å². The van der Waals surface area contributed by atoms with Gasteiger partial charge in [0.2, 0.25) is 11.8 Å². The first-order valence-electron chi connectivity index (χ1n) is 10.9. The van der Waals surface area contributed by atoms with Crippen molar-refractivity contribution in [2.45, 2.75) is 71.6 Å². The molecule has 0 aliphatic carbocycles. The van der Waals surface area contributed by atoms with E-state index in [4.69, 9.17) is 5.73 Å². The number of nitrogens with two attached hydrogens (primary N) is 1. The number of nitrogens with one attached hydrogen (secondary N) is 1. The largest absolute Gasteiger partial charge is 0.370 e. The van der Waals surface area contributed by atoms with E-state index in [0.717, 1.165) is 24.4 Å². The van der Waals surface area contributed by atoms with Crippen molar-refractivity contribution in [3.8, 4) is 0 Å². The molecule has 170 valence electrons. The summed E-state index contributed by atoms with van der Waals surface area (Å²) in [5.74, 6) is 1.57. The van der Waals surface area contributed by atoms with Crippen LogP contribution in [0.15, 0.2) is 29.4 Å². The van der Waals surface area contributed by atoms with Gasteiger partial charge in [0, 0.05) is 19.4 Å². The summed E-state index contributed by atoms with van der Waals surface area (Å²) in [6, 6.07) is 8.37. The molecule has 0 saturated carbocycles. The molecule has 0 spiro atoms. The fourth-order valence-corrected chi connectivity index (χ4v) is 4.08. The molecule has 8 heteroatoms. The SMILES string of the molecule is CC(C)Cc1ccc(C(C)NC(=O)CSc2nnc(CCC(N)=O)n2CC(C)C)cc1. The Balaban J connectivity index is 1.94. The number of amides is 2. The minimum absolute atomic E-state index is 0.0541. The second kappa shape index (κ2) is 11.9. The highest BCUT2D eigenvalue weighted by atomic mass is 32.2. The zero-order chi connectivity index (χ0) is 23.0. The first-order chi connectivity index (χ1) is 14.7. The van der Waals surface area contributed by atoms with Gasteiger partial charge in [0.05, 0.1) is 11.8 Å². The van der Waals surface area contributed by atoms with Crippen LogP contribution >= 0.6 is 11.8 Å². The third kappa shape index (κ3) is 8.36. The molecule has 2 aromatic rings. The topological polar surface area (TPSA) is 103 Å². The predicted octanol–water partition coefficient (Wildman–Crippen LogP) is 3.52. The van der Waals surface area contributed by atoms with Gasteiger partial charge in [-0.3, -0.25) is 9.59 Å². The predicted molar refractivity (Wildman–Crippen MR) is 125 cm³/mol. The Kier molecular flexibility index (Phi) is 9.55. The van der Waals surface area contributed by atoms with Crippen LogP contribution in [-0.2, 0) is 29.0 Å². The number of aromatic nitrogens is 3. The molecule has 2 rings (SSSR count). The summed E-state index contributed by atoms with van der Waals surface area (Å²) in [7, 11) is 0. The summed E-state index contributed by atoms with van der Waals surface area (Å²) in [5.41, 5.74) is 7.66. The number of carbonyl (C=O) groups excluding carboxylic acids is 2. The normalized spacial score (nSPS) is 12.4. The van der Waals surface area contributed by atoms with E-state index in [-0.39, 0.29) is 30.0 Å². The Morgan fingerprint density at radius 3 is 2.32 bits per heavy atom. The minimum Gasteiger partial charge on any atom is -0.370 e.